The van der Waals surface area contributed by atoms with E-state index in [2.05, 4.69) is 19.2 Å². The summed E-state index contributed by atoms with van der Waals surface area (Å²) in [4.78, 5) is 26.3. The molecule has 120 valence electrons. The van der Waals surface area contributed by atoms with Crippen LogP contribution in [0.4, 0.5) is 0 Å². The molecule has 2 amide bonds. The van der Waals surface area contributed by atoms with Crippen molar-refractivity contribution in [2.24, 2.45) is 17.1 Å². The quantitative estimate of drug-likeness (QED) is 0.775. The van der Waals surface area contributed by atoms with Crippen LogP contribution in [0.5, 0.6) is 0 Å². The predicted octanol–water partition coefficient (Wildman–Crippen LogP) is 1.27. The first-order valence-corrected chi connectivity index (χ1v) is 8.29. The Morgan fingerprint density at radius 3 is 2.76 bits per heavy atom. The number of carbonyl (C=O) groups excluding carboxylic acids is 2. The summed E-state index contributed by atoms with van der Waals surface area (Å²) >= 11 is 0. The summed E-state index contributed by atoms with van der Waals surface area (Å²) in [5, 5.41) is 2.92. The highest BCUT2D eigenvalue weighted by atomic mass is 16.2. The Kier molecular flexibility index (Phi) is 5.25. The van der Waals surface area contributed by atoms with Gasteiger partial charge in [-0.15, -0.1) is 0 Å². The summed E-state index contributed by atoms with van der Waals surface area (Å²) in [5.74, 6) is 0.486. The number of nitrogens with two attached hydrogens (primary N) is 1. The Balaban J connectivity index is 1.90. The summed E-state index contributed by atoms with van der Waals surface area (Å²) in [5.41, 5.74) is 5.59. The number of hydrogen-bond donors (Lipinski definition) is 2. The second-order valence-corrected chi connectivity index (χ2v) is 6.79. The minimum atomic E-state index is -0.0136. The van der Waals surface area contributed by atoms with Crippen molar-refractivity contribution >= 4 is 11.8 Å². The van der Waals surface area contributed by atoms with Gasteiger partial charge in [-0.1, -0.05) is 13.8 Å². The van der Waals surface area contributed by atoms with Gasteiger partial charge in [0.25, 0.3) is 0 Å². The molecule has 1 heterocycles. The lowest BCUT2D eigenvalue weighted by Gasteiger charge is -2.36. The van der Waals surface area contributed by atoms with Gasteiger partial charge in [-0.2, -0.15) is 0 Å². The SMILES string of the molecule is CCC1(C)CC1C(=O)N1CCCCC1CNC(=O)CCN. The topological polar surface area (TPSA) is 75.4 Å². The lowest BCUT2D eigenvalue weighted by atomic mass is 9.98. The third-order valence-corrected chi connectivity index (χ3v) is 5.27. The van der Waals surface area contributed by atoms with Crippen LogP contribution < -0.4 is 11.1 Å². The summed E-state index contributed by atoms with van der Waals surface area (Å²) in [6, 6.07) is 0.162. The van der Waals surface area contributed by atoms with Crippen molar-refractivity contribution < 1.29 is 9.59 Å². The highest BCUT2D eigenvalue weighted by Crippen LogP contribution is 2.55. The zero-order valence-corrected chi connectivity index (χ0v) is 13.4. The lowest BCUT2D eigenvalue weighted by Crippen LogP contribution is -2.50. The molecule has 3 atom stereocenters. The summed E-state index contributed by atoms with van der Waals surface area (Å²) < 4.78 is 0. The number of likely N-dealkylation sites (tertiary alicyclic amines) is 1. The van der Waals surface area contributed by atoms with E-state index < -0.39 is 0 Å². The highest BCUT2D eigenvalue weighted by molar-refractivity contribution is 5.83. The van der Waals surface area contributed by atoms with E-state index in [0.29, 0.717) is 25.4 Å². The molecule has 3 unspecified atom stereocenters. The standard InChI is InChI=1S/C16H29N3O2/c1-3-16(2)10-13(16)15(21)19-9-5-4-6-12(19)11-18-14(20)7-8-17/h12-13H,3-11,17H2,1-2H3,(H,18,20). The number of hydrogen-bond acceptors (Lipinski definition) is 3. The second kappa shape index (κ2) is 6.77. The van der Waals surface area contributed by atoms with Gasteiger partial charge < -0.3 is 16.0 Å². The Morgan fingerprint density at radius 1 is 1.38 bits per heavy atom. The minimum Gasteiger partial charge on any atom is -0.354 e. The van der Waals surface area contributed by atoms with Crippen molar-refractivity contribution in [2.75, 3.05) is 19.6 Å². The molecule has 0 bridgehead atoms. The summed E-state index contributed by atoms with van der Waals surface area (Å²) in [7, 11) is 0. The zero-order valence-electron chi connectivity index (χ0n) is 13.4. The first-order chi connectivity index (χ1) is 10.0. The predicted molar refractivity (Wildman–Crippen MR) is 82.5 cm³/mol. The number of piperidine rings is 1. The van der Waals surface area contributed by atoms with E-state index in [-0.39, 0.29) is 23.3 Å². The van der Waals surface area contributed by atoms with Crippen LogP contribution in [0.1, 0.15) is 52.4 Å². The Morgan fingerprint density at radius 2 is 2.14 bits per heavy atom. The van der Waals surface area contributed by atoms with E-state index in [1.165, 1.54) is 0 Å². The van der Waals surface area contributed by atoms with Crippen LogP contribution >= 0.6 is 0 Å². The Labute approximate surface area is 127 Å². The van der Waals surface area contributed by atoms with Gasteiger partial charge >= 0.3 is 0 Å². The van der Waals surface area contributed by atoms with E-state index in [9.17, 15) is 9.59 Å². The molecule has 1 saturated heterocycles. The maximum atomic E-state index is 12.7. The number of nitrogens with one attached hydrogen (secondary N) is 1. The third kappa shape index (κ3) is 3.76. The molecule has 0 aromatic heterocycles. The fraction of sp³-hybridized carbons (Fsp3) is 0.875. The molecule has 0 spiro atoms. The smallest absolute Gasteiger partial charge is 0.226 e. The third-order valence-electron chi connectivity index (χ3n) is 5.27. The van der Waals surface area contributed by atoms with E-state index in [4.69, 9.17) is 5.73 Å². The maximum Gasteiger partial charge on any atom is 0.226 e. The van der Waals surface area contributed by atoms with Gasteiger partial charge in [-0.25, -0.2) is 0 Å². The molecule has 1 aliphatic heterocycles. The van der Waals surface area contributed by atoms with E-state index in [1.54, 1.807) is 0 Å². The lowest BCUT2D eigenvalue weighted by molar-refractivity contribution is -0.137. The van der Waals surface area contributed by atoms with Gasteiger partial charge in [-0.3, -0.25) is 9.59 Å². The van der Waals surface area contributed by atoms with E-state index in [1.807, 2.05) is 4.90 Å². The average molecular weight is 295 g/mol. The van der Waals surface area contributed by atoms with Gasteiger partial charge in [0.15, 0.2) is 0 Å². The average Bonchev–Trinajstić information content (AvgIpc) is 3.18. The molecule has 1 saturated carbocycles. The minimum absolute atomic E-state index is 0.0136. The van der Waals surface area contributed by atoms with Gasteiger partial charge in [0.05, 0.1) is 0 Å². The molecule has 3 N–H and O–H groups in total. The molecule has 2 aliphatic rings. The fourth-order valence-electron chi connectivity index (χ4n) is 3.34. The molecule has 0 aromatic carbocycles. The van der Waals surface area contributed by atoms with Crippen molar-refractivity contribution in [3.8, 4) is 0 Å². The summed E-state index contributed by atoms with van der Waals surface area (Å²) in [6.07, 6.45) is 5.65. The molecular formula is C16H29N3O2. The highest BCUT2D eigenvalue weighted by Gasteiger charge is 2.54. The number of nitrogens with zero attached hydrogens (tertiary/aromatic N) is 1. The van der Waals surface area contributed by atoms with Crippen molar-refractivity contribution in [3.05, 3.63) is 0 Å². The van der Waals surface area contributed by atoms with Crippen molar-refractivity contribution in [1.29, 1.82) is 0 Å². The Bertz CT molecular complexity index is 399. The first kappa shape index (κ1) is 16.3. The van der Waals surface area contributed by atoms with Crippen LogP contribution in [0.15, 0.2) is 0 Å². The monoisotopic (exact) mass is 295 g/mol. The molecule has 5 heteroatoms. The van der Waals surface area contributed by atoms with Gasteiger partial charge in [0, 0.05) is 38.0 Å². The molecule has 2 fully saturated rings. The van der Waals surface area contributed by atoms with Crippen molar-refractivity contribution in [3.63, 3.8) is 0 Å². The molecule has 1 aliphatic carbocycles. The number of rotatable bonds is 6. The van der Waals surface area contributed by atoms with E-state index in [0.717, 1.165) is 38.6 Å². The largest absolute Gasteiger partial charge is 0.354 e. The molecule has 2 rings (SSSR count). The molecule has 21 heavy (non-hydrogen) atoms. The summed E-state index contributed by atoms with van der Waals surface area (Å²) in [6.45, 7) is 6.15. The van der Waals surface area contributed by atoms with Crippen LogP contribution in [-0.2, 0) is 9.59 Å². The van der Waals surface area contributed by atoms with Crippen LogP contribution in [0.25, 0.3) is 0 Å². The van der Waals surface area contributed by atoms with Crippen LogP contribution in [-0.4, -0.2) is 42.4 Å². The van der Waals surface area contributed by atoms with Gasteiger partial charge in [0.2, 0.25) is 11.8 Å². The van der Waals surface area contributed by atoms with E-state index >= 15 is 0 Å². The fourth-order valence-corrected chi connectivity index (χ4v) is 3.34. The molecular weight excluding hydrogens is 266 g/mol. The second-order valence-electron chi connectivity index (χ2n) is 6.79. The molecule has 5 nitrogen and oxygen atoms in total. The van der Waals surface area contributed by atoms with Crippen LogP contribution in [0.3, 0.4) is 0 Å². The van der Waals surface area contributed by atoms with Gasteiger partial charge in [0.1, 0.15) is 0 Å². The normalized spacial score (nSPS) is 31.9. The van der Waals surface area contributed by atoms with Crippen molar-refractivity contribution in [2.45, 2.75) is 58.4 Å². The molecule has 0 radical (unpaired) electrons. The number of amides is 2. The zero-order chi connectivity index (χ0) is 15.5. The van der Waals surface area contributed by atoms with Crippen LogP contribution in [0.2, 0.25) is 0 Å². The van der Waals surface area contributed by atoms with Crippen LogP contribution in [0, 0.1) is 11.3 Å². The maximum absolute atomic E-state index is 12.7. The van der Waals surface area contributed by atoms with Gasteiger partial charge in [-0.05, 0) is 37.5 Å². The first-order valence-electron chi connectivity index (χ1n) is 8.29. The number of carbonyl (C=O) groups is 2. The molecule has 0 aromatic rings. The van der Waals surface area contributed by atoms with Crippen molar-refractivity contribution in [1.82, 2.24) is 10.2 Å². The Hall–Kier alpha value is -1.10.